The first kappa shape index (κ1) is 15.9. The van der Waals surface area contributed by atoms with E-state index in [9.17, 15) is 4.79 Å². The van der Waals surface area contributed by atoms with Crippen LogP contribution in [0.3, 0.4) is 0 Å². The molecule has 3 heterocycles. The van der Waals surface area contributed by atoms with Gasteiger partial charge in [-0.2, -0.15) is 5.10 Å². The highest BCUT2D eigenvalue weighted by Crippen LogP contribution is 2.29. The summed E-state index contributed by atoms with van der Waals surface area (Å²) in [6.07, 6.45) is 7.37. The quantitative estimate of drug-likeness (QED) is 0.912. The fourth-order valence-corrected chi connectivity index (χ4v) is 3.80. The number of carbonyl (C=O) groups excluding carboxylic acids is 1. The van der Waals surface area contributed by atoms with E-state index in [0.717, 1.165) is 51.0 Å². The van der Waals surface area contributed by atoms with E-state index in [1.54, 1.807) is 12.7 Å². The standard InChI is InChI=1S/C18H24N6O/c1-22-8-2-3-14-11-15(4-5-17(14)22)21-18(25)23-9-6-16(7-10-23)24-13-19-12-20-24/h4-5,11-13,16H,2-3,6-10H2,1H3,(H,21,25). The average Bonchev–Trinajstić information content (AvgIpc) is 3.17. The van der Waals surface area contributed by atoms with Gasteiger partial charge in [0.1, 0.15) is 12.7 Å². The number of piperidine rings is 1. The number of hydrogen-bond donors (Lipinski definition) is 1. The van der Waals surface area contributed by atoms with Crippen LogP contribution in [0.4, 0.5) is 16.2 Å². The Balaban J connectivity index is 1.36. The summed E-state index contributed by atoms with van der Waals surface area (Å²) in [7, 11) is 2.12. The third-order valence-electron chi connectivity index (χ3n) is 5.24. The van der Waals surface area contributed by atoms with E-state index >= 15 is 0 Å². The molecule has 1 saturated heterocycles. The second-order valence-corrected chi connectivity index (χ2v) is 6.89. The van der Waals surface area contributed by atoms with Gasteiger partial charge in [0, 0.05) is 38.1 Å². The average molecular weight is 340 g/mol. The van der Waals surface area contributed by atoms with Crippen molar-refractivity contribution in [2.75, 3.05) is 36.9 Å². The second kappa shape index (κ2) is 6.74. The minimum Gasteiger partial charge on any atom is -0.374 e. The van der Waals surface area contributed by atoms with Gasteiger partial charge in [-0.25, -0.2) is 14.5 Å². The van der Waals surface area contributed by atoms with Crippen LogP contribution in [0, 0.1) is 0 Å². The zero-order valence-corrected chi connectivity index (χ0v) is 14.6. The molecule has 0 atom stereocenters. The van der Waals surface area contributed by atoms with Gasteiger partial charge < -0.3 is 15.1 Å². The lowest BCUT2D eigenvalue weighted by atomic mass is 10.0. The van der Waals surface area contributed by atoms with Gasteiger partial charge in [0.15, 0.2) is 0 Å². The molecule has 2 amide bonds. The zero-order chi connectivity index (χ0) is 17.2. The third-order valence-corrected chi connectivity index (χ3v) is 5.24. The maximum Gasteiger partial charge on any atom is 0.321 e. The number of aromatic nitrogens is 3. The van der Waals surface area contributed by atoms with Crippen molar-refractivity contribution >= 4 is 17.4 Å². The van der Waals surface area contributed by atoms with E-state index in [-0.39, 0.29) is 6.03 Å². The summed E-state index contributed by atoms with van der Waals surface area (Å²) in [5.41, 5.74) is 3.48. The molecule has 1 aromatic carbocycles. The molecule has 0 aliphatic carbocycles. The van der Waals surface area contributed by atoms with Crippen molar-refractivity contribution in [1.29, 1.82) is 0 Å². The van der Waals surface area contributed by atoms with E-state index < -0.39 is 0 Å². The molecule has 0 bridgehead atoms. The molecule has 132 valence electrons. The highest BCUT2D eigenvalue weighted by atomic mass is 16.2. The molecule has 0 radical (unpaired) electrons. The number of anilines is 2. The maximum absolute atomic E-state index is 12.6. The molecule has 2 aromatic rings. The number of likely N-dealkylation sites (tertiary alicyclic amines) is 1. The number of nitrogens with one attached hydrogen (secondary N) is 1. The SMILES string of the molecule is CN1CCCc2cc(NC(=O)N3CCC(n4cncn4)CC3)ccc21. The highest BCUT2D eigenvalue weighted by molar-refractivity contribution is 5.90. The van der Waals surface area contributed by atoms with Gasteiger partial charge in [0.25, 0.3) is 0 Å². The van der Waals surface area contributed by atoms with Crippen LogP contribution in [0.15, 0.2) is 30.9 Å². The van der Waals surface area contributed by atoms with Crippen molar-refractivity contribution in [2.45, 2.75) is 31.7 Å². The monoisotopic (exact) mass is 340 g/mol. The zero-order valence-electron chi connectivity index (χ0n) is 14.6. The maximum atomic E-state index is 12.6. The first-order chi connectivity index (χ1) is 12.2. The summed E-state index contributed by atoms with van der Waals surface area (Å²) in [6, 6.07) is 6.55. The number of benzene rings is 1. The van der Waals surface area contributed by atoms with Gasteiger partial charge in [0.2, 0.25) is 0 Å². The number of aryl methyl sites for hydroxylation is 1. The lowest BCUT2D eigenvalue weighted by Gasteiger charge is -2.32. The molecule has 7 nitrogen and oxygen atoms in total. The smallest absolute Gasteiger partial charge is 0.321 e. The van der Waals surface area contributed by atoms with E-state index in [1.807, 2.05) is 15.6 Å². The molecule has 2 aliphatic heterocycles. The van der Waals surface area contributed by atoms with Gasteiger partial charge in [-0.15, -0.1) is 0 Å². The Labute approximate surface area is 147 Å². The summed E-state index contributed by atoms with van der Waals surface area (Å²) < 4.78 is 1.90. The summed E-state index contributed by atoms with van der Waals surface area (Å²) in [4.78, 5) is 20.7. The fraction of sp³-hybridized carbons (Fsp3) is 0.500. The molecular formula is C18H24N6O. The Morgan fingerprint density at radius 3 is 2.84 bits per heavy atom. The Morgan fingerprint density at radius 1 is 1.24 bits per heavy atom. The van der Waals surface area contributed by atoms with Crippen molar-refractivity contribution in [3.05, 3.63) is 36.4 Å². The summed E-state index contributed by atoms with van der Waals surface area (Å²) in [5, 5.41) is 7.27. The first-order valence-electron chi connectivity index (χ1n) is 8.95. The number of fused-ring (bicyclic) bond motifs is 1. The van der Waals surface area contributed by atoms with E-state index in [1.165, 1.54) is 11.3 Å². The molecule has 0 saturated carbocycles. The molecule has 1 N–H and O–H groups in total. The number of amides is 2. The molecule has 0 unspecified atom stereocenters. The number of nitrogens with zero attached hydrogens (tertiary/aromatic N) is 5. The van der Waals surface area contributed by atoms with E-state index in [4.69, 9.17) is 0 Å². The van der Waals surface area contributed by atoms with Gasteiger partial charge >= 0.3 is 6.03 Å². The van der Waals surface area contributed by atoms with Crippen molar-refractivity contribution in [1.82, 2.24) is 19.7 Å². The Kier molecular flexibility index (Phi) is 4.29. The Morgan fingerprint density at radius 2 is 2.08 bits per heavy atom. The third kappa shape index (κ3) is 3.31. The summed E-state index contributed by atoms with van der Waals surface area (Å²) in [6.45, 7) is 2.58. The molecule has 7 heteroatoms. The van der Waals surface area contributed by atoms with Crippen LogP contribution in [0.1, 0.15) is 30.9 Å². The molecule has 25 heavy (non-hydrogen) atoms. The van der Waals surface area contributed by atoms with Gasteiger partial charge in [-0.1, -0.05) is 0 Å². The van der Waals surface area contributed by atoms with Crippen LogP contribution in [0.5, 0.6) is 0 Å². The Bertz CT molecular complexity index is 736. The Hall–Kier alpha value is -2.57. The van der Waals surface area contributed by atoms with Crippen LogP contribution in [0.2, 0.25) is 0 Å². The molecular weight excluding hydrogens is 316 g/mol. The van der Waals surface area contributed by atoms with Gasteiger partial charge in [-0.05, 0) is 49.4 Å². The molecule has 0 spiro atoms. The minimum absolute atomic E-state index is 0.0128. The first-order valence-corrected chi connectivity index (χ1v) is 8.95. The van der Waals surface area contributed by atoms with Crippen molar-refractivity contribution in [3.8, 4) is 0 Å². The number of rotatable bonds is 2. The minimum atomic E-state index is -0.0128. The predicted molar refractivity (Wildman–Crippen MR) is 96.9 cm³/mol. The van der Waals surface area contributed by atoms with E-state index in [0.29, 0.717) is 6.04 Å². The van der Waals surface area contributed by atoms with Gasteiger partial charge in [0.05, 0.1) is 6.04 Å². The molecule has 1 aromatic heterocycles. The van der Waals surface area contributed by atoms with Crippen LogP contribution in [0.25, 0.3) is 0 Å². The van der Waals surface area contributed by atoms with Crippen LogP contribution < -0.4 is 10.2 Å². The van der Waals surface area contributed by atoms with Crippen molar-refractivity contribution in [3.63, 3.8) is 0 Å². The van der Waals surface area contributed by atoms with E-state index in [2.05, 4.69) is 39.5 Å². The normalized spacial score (nSPS) is 18.1. The highest BCUT2D eigenvalue weighted by Gasteiger charge is 2.24. The second-order valence-electron chi connectivity index (χ2n) is 6.89. The summed E-state index contributed by atoms with van der Waals surface area (Å²) in [5.74, 6) is 0. The number of urea groups is 1. The molecule has 4 rings (SSSR count). The van der Waals surface area contributed by atoms with Crippen LogP contribution in [-0.2, 0) is 6.42 Å². The molecule has 1 fully saturated rings. The fourth-order valence-electron chi connectivity index (χ4n) is 3.80. The molecule has 2 aliphatic rings. The predicted octanol–water partition coefficient (Wildman–Crippen LogP) is 2.53. The van der Waals surface area contributed by atoms with Gasteiger partial charge in [-0.3, -0.25) is 0 Å². The van der Waals surface area contributed by atoms with Crippen LogP contribution >= 0.6 is 0 Å². The van der Waals surface area contributed by atoms with Crippen molar-refractivity contribution in [2.24, 2.45) is 0 Å². The largest absolute Gasteiger partial charge is 0.374 e. The summed E-state index contributed by atoms with van der Waals surface area (Å²) >= 11 is 0. The number of carbonyl (C=O) groups is 1. The lowest BCUT2D eigenvalue weighted by Crippen LogP contribution is -2.41. The lowest BCUT2D eigenvalue weighted by molar-refractivity contribution is 0.180. The van der Waals surface area contributed by atoms with Crippen molar-refractivity contribution < 1.29 is 4.79 Å². The topological polar surface area (TPSA) is 66.3 Å². The number of hydrogen-bond acceptors (Lipinski definition) is 4. The van der Waals surface area contributed by atoms with Crippen LogP contribution in [-0.4, -0.2) is 52.4 Å².